The molecule has 6 heteroatoms. The molecule has 0 aromatic carbocycles. The predicted octanol–water partition coefficient (Wildman–Crippen LogP) is -0.734. The highest BCUT2D eigenvalue weighted by Gasteiger charge is 2.12. The average molecular weight is 190 g/mol. The topological polar surface area (TPSA) is 78.9 Å². The molecule has 0 aliphatic carbocycles. The van der Waals surface area contributed by atoms with Gasteiger partial charge in [-0.1, -0.05) is 0 Å². The summed E-state index contributed by atoms with van der Waals surface area (Å²) in [7, 11) is 2.31. The lowest BCUT2D eigenvalue weighted by Crippen LogP contribution is -2.17. The van der Waals surface area contributed by atoms with Crippen molar-refractivity contribution < 1.29 is 28.6 Å². The van der Waals surface area contributed by atoms with Gasteiger partial charge in [-0.05, 0) is 0 Å². The van der Waals surface area contributed by atoms with Gasteiger partial charge < -0.3 is 14.2 Å². The molecule has 0 aliphatic heterocycles. The maximum Gasteiger partial charge on any atom is 0.344 e. The third-order valence-electron chi connectivity index (χ3n) is 1.10. The zero-order chi connectivity index (χ0) is 10.3. The van der Waals surface area contributed by atoms with E-state index in [2.05, 4.69) is 14.2 Å². The molecule has 0 heterocycles. The van der Waals surface area contributed by atoms with E-state index in [9.17, 15) is 14.4 Å². The van der Waals surface area contributed by atoms with Crippen LogP contribution in [0, 0.1) is 0 Å². The molecule has 0 amide bonds. The Labute approximate surface area is 74.8 Å². The van der Waals surface area contributed by atoms with Gasteiger partial charge >= 0.3 is 17.9 Å². The van der Waals surface area contributed by atoms with Crippen molar-refractivity contribution in [3.05, 3.63) is 0 Å². The molecule has 0 rings (SSSR count). The highest BCUT2D eigenvalue weighted by atomic mass is 16.6. The van der Waals surface area contributed by atoms with Crippen molar-refractivity contribution in [1.29, 1.82) is 0 Å². The van der Waals surface area contributed by atoms with Gasteiger partial charge in [0.05, 0.1) is 14.2 Å². The molecule has 0 fully saturated rings. The number of esters is 3. The van der Waals surface area contributed by atoms with Crippen LogP contribution in [-0.4, -0.2) is 38.7 Å². The molecule has 74 valence electrons. The molecule has 0 spiro atoms. The van der Waals surface area contributed by atoms with Gasteiger partial charge in [0, 0.05) is 0 Å². The van der Waals surface area contributed by atoms with E-state index in [1.54, 1.807) is 0 Å². The first-order valence-electron chi connectivity index (χ1n) is 3.39. The second kappa shape index (κ2) is 5.99. The van der Waals surface area contributed by atoms with E-state index in [0.29, 0.717) is 0 Å². The maximum absolute atomic E-state index is 10.7. The number of carbonyl (C=O) groups is 3. The number of hydrogen-bond acceptors (Lipinski definition) is 6. The van der Waals surface area contributed by atoms with Gasteiger partial charge in [0.25, 0.3) is 0 Å². The minimum Gasteiger partial charge on any atom is -0.469 e. The lowest BCUT2D eigenvalue weighted by Gasteiger charge is -2.01. The smallest absolute Gasteiger partial charge is 0.344 e. The van der Waals surface area contributed by atoms with E-state index in [-0.39, 0.29) is 0 Å². The molecule has 13 heavy (non-hydrogen) atoms. The highest BCUT2D eigenvalue weighted by Crippen LogP contribution is 1.89. The lowest BCUT2D eigenvalue weighted by molar-refractivity contribution is -0.160. The monoisotopic (exact) mass is 190 g/mol. The molecule has 0 bridgehead atoms. The van der Waals surface area contributed by atoms with Gasteiger partial charge in [0.2, 0.25) is 0 Å². The van der Waals surface area contributed by atoms with E-state index in [1.165, 1.54) is 0 Å². The van der Waals surface area contributed by atoms with Gasteiger partial charge in [-0.3, -0.25) is 9.59 Å². The molecular weight excluding hydrogens is 180 g/mol. The fraction of sp³-hybridized carbons (Fsp3) is 0.571. The second-order valence-electron chi connectivity index (χ2n) is 1.99. The second-order valence-corrected chi connectivity index (χ2v) is 1.99. The Morgan fingerprint density at radius 1 is 0.923 bits per heavy atom. The molecule has 6 nitrogen and oxygen atoms in total. The maximum atomic E-state index is 10.7. The third-order valence-corrected chi connectivity index (χ3v) is 1.10. The SMILES string of the molecule is COC(=O)COC(=O)CC(=O)OC. The van der Waals surface area contributed by atoms with Crippen molar-refractivity contribution in [3.8, 4) is 0 Å². The molecule has 0 aromatic rings. The summed E-state index contributed by atoms with van der Waals surface area (Å²) < 4.78 is 12.8. The number of rotatable bonds is 4. The molecule has 0 atom stereocenters. The van der Waals surface area contributed by atoms with Crippen LogP contribution in [0.1, 0.15) is 6.42 Å². The Morgan fingerprint density at radius 3 is 1.92 bits per heavy atom. The molecule has 0 saturated heterocycles. The van der Waals surface area contributed by atoms with Crippen molar-refractivity contribution >= 4 is 17.9 Å². The summed E-state index contributed by atoms with van der Waals surface area (Å²) in [5, 5.41) is 0. The highest BCUT2D eigenvalue weighted by molar-refractivity contribution is 5.91. The van der Waals surface area contributed by atoms with Crippen LogP contribution >= 0.6 is 0 Å². The summed E-state index contributed by atoms with van der Waals surface area (Å²) in [4.78, 5) is 31.7. The standard InChI is InChI=1S/C7H10O6/c1-11-5(8)3-6(9)13-4-7(10)12-2/h3-4H2,1-2H3. The zero-order valence-electron chi connectivity index (χ0n) is 7.36. The summed E-state index contributed by atoms with van der Waals surface area (Å²) in [6.45, 7) is -0.494. The van der Waals surface area contributed by atoms with Gasteiger partial charge in [-0.25, -0.2) is 4.79 Å². The first-order chi connectivity index (χ1) is 6.10. The van der Waals surface area contributed by atoms with Crippen molar-refractivity contribution in [2.24, 2.45) is 0 Å². The van der Waals surface area contributed by atoms with Gasteiger partial charge in [0.15, 0.2) is 6.61 Å². The van der Waals surface area contributed by atoms with Crippen molar-refractivity contribution in [3.63, 3.8) is 0 Å². The Hall–Kier alpha value is -1.59. The quantitative estimate of drug-likeness (QED) is 0.330. The van der Waals surface area contributed by atoms with Crippen LogP contribution in [0.15, 0.2) is 0 Å². The van der Waals surface area contributed by atoms with Crippen LogP contribution in [0.4, 0.5) is 0 Å². The number of hydrogen-bond donors (Lipinski definition) is 0. The number of methoxy groups -OCH3 is 2. The first kappa shape index (κ1) is 11.4. The summed E-state index contributed by atoms with van der Waals surface area (Å²) >= 11 is 0. The van der Waals surface area contributed by atoms with Crippen LogP contribution in [0.5, 0.6) is 0 Å². The van der Waals surface area contributed by atoms with Crippen molar-refractivity contribution in [2.75, 3.05) is 20.8 Å². The number of ether oxygens (including phenoxy) is 3. The third kappa shape index (κ3) is 5.66. The summed E-state index contributed by atoms with van der Waals surface area (Å²) in [6, 6.07) is 0. The Balaban J connectivity index is 3.63. The summed E-state index contributed by atoms with van der Waals surface area (Å²) in [6.07, 6.45) is -0.506. The van der Waals surface area contributed by atoms with Gasteiger partial charge in [-0.15, -0.1) is 0 Å². The minimum absolute atomic E-state index is 0.494. The predicted molar refractivity (Wildman–Crippen MR) is 39.6 cm³/mol. The molecule has 0 saturated carbocycles. The molecule has 0 N–H and O–H groups in total. The molecule has 0 radical (unpaired) electrons. The Morgan fingerprint density at radius 2 is 1.46 bits per heavy atom. The minimum atomic E-state index is -0.822. The van der Waals surface area contributed by atoms with Crippen LogP contribution < -0.4 is 0 Å². The summed E-state index contributed by atoms with van der Waals surface area (Å²) in [5.41, 5.74) is 0. The van der Waals surface area contributed by atoms with Crippen molar-refractivity contribution in [1.82, 2.24) is 0 Å². The average Bonchev–Trinajstić information content (AvgIpc) is 2.13. The fourth-order valence-corrected chi connectivity index (χ4v) is 0.439. The van der Waals surface area contributed by atoms with Gasteiger partial charge in [-0.2, -0.15) is 0 Å². The Kier molecular flexibility index (Phi) is 5.25. The fourth-order valence-electron chi connectivity index (χ4n) is 0.439. The zero-order valence-corrected chi connectivity index (χ0v) is 7.36. The van der Waals surface area contributed by atoms with E-state index < -0.39 is 30.9 Å². The van der Waals surface area contributed by atoms with E-state index in [1.807, 2.05) is 0 Å². The number of carbonyl (C=O) groups excluding carboxylic acids is 3. The van der Waals surface area contributed by atoms with Crippen LogP contribution in [0.2, 0.25) is 0 Å². The molecule has 0 aliphatic rings. The van der Waals surface area contributed by atoms with Crippen molar-refractivity contribution in [2.45, 2.75) is 6.42 Å². The summed E-state index contributed by atoms with van der Waals surface area (Å²) in [5.74, 6) is -2.22. The normalized spacial score (nSPS) is 8.77. The molecule has 0 unspecified atom stereocenters. The molecule has 0 aromatic heterocycles. The van der Waals surface area contributed by atoms with Crippen LogP contribution in [0.3, 0.4) is 0 Å². The first-order valence-corrected chi connectivity index (χ1v) is 3.39. The molecular formula is C7H10O6. The van der Waals surface area contributed by atoms with E-state index in [4.69, 9.17) is 0 Å². The van der Waals surface area contributed by atoms with E-state index >= 15 is 0 Å². The van der Waals surface area contributed by atoms with E-state index in [0.717, 1.165) is 14.2 Å². The van der Waals surface area contributed by atoms with Crippen LogP contribution in [-0.2, 0) is 28.6 Å². The Bertz CT molecular complexity index is 209. The largest absolute Gasteiger partial charge is 0.469 e. The van der Waals surface area contributed by atoms with Gasteiger partial charge in [0.1, 0.15) is 6.42 Å². The lowest BCUT2D eigenvalue weighted by atomic mass is 10.4. The van der Waals surface area contributed by atoms with Crippen LogP contribution in [0.25, 0.3) is 0 Å².